The first-order valence-corrected chi connectivity index (χ1v) is 9.54. The lowest BCUT2D eigenvalue weighted by Crippen LogP contribution is -2.50. The summed E-state index contributed by atoms with van der Waals surface area (Å²) in [6.45, 7) is 9.90. The largest absolute Gasteiger partial charge is 0.444 e. The summed E-state index contributed by atoms with van der Waals surface area (Å²) < 4.78 is 6.12. The van der Waals surface area contributed by atoms with Gasteiger partial charge in [-0.15, -0.1) is 0 Å². The van der Waals surface area contributed by atoms with Crippen molar-refractivity contribution in [2.45, 2.75) is 39.7 Å². The maximum absolute atomic E-state index is 12.2. The molecule has 2 rings (SSSR count). The smallest absolute Gasteiger partial charge is 0.410 e. The summed E-state index contributed by atoms with van der Waals surface area (Å²) in [6.07, 6.45) is 0.119. The van der Waals surface area contributed by atoms with Crippen molar-refractivity contribution in [3.63, 3.8) is 0 Å². The van der Waals surface area contributed by atoms with Crippen molar-refractivity contribution in [1.82, 2.24) is 4.90 Å². The summed E-state index contributed by atoms with van der Waals surface area (Å²) in [5.74, 6) is 0.0138. The number of halogens is 2. The Morgan fingerprint density at radius 2 is 1.80 bits per heavy atom. The van der Waals surface area contributed by atoms with E-state index in [1.165, 1.54) is 0 Å². The molecule has 25 heavy (non-hydrogen) atoms. The minimum Gasteiger partial charge on any atom is -0.444 e. The molecule has 0 bridgehead atoms. The van der Waals surface area contributed by atoms with Gasteiger partial charge in [0.15, 0.2) is 5.78 Å². The molecule has 1 heterocycles. The van der Waals surface area contributed by atoms with Crippen LogP contribution in [0.5, 0.6) is 0 Å². The van der Waals surface area contributed by atoms with E-state index >= 15 is 0 Å². The summed E-state index contributed by atoms with van der Waals surface area (Å²) in [5, 5.41) is 0.447. The summed E-state index contributed by atoms with van der Waals surface area (Å²) in [6, 6.07) is 3.75. The molecular formula is C18H24BrClN2O3. The second-order valence-electron chi connectivity index (χ2n) is 7.02. The van der Waals surface area contributed by atoms with Crippen LogP contribution in [0.2, 0.25) is 5.02 Å². The SMILES string of the molecule is CCC(=O)c1cc(N2CCN(C(=O)OC(C)(C)C)CC2)cc(Br)c1Cl. The summed E-state index contributed by atoms with van der Waals surface area (Å²) in [5.41, 5.74) is 0.963. The van der Waals surface area contributed by atoms with E-state index < -0.39 is 5.60 Å². The van der Waals surface area contributed by atoms with Gasteiger partial charge in [0.05, 0.1) is 5.02 Å². The third kappa shape index (κ3) is 5.11. The van der Waals surface area contributed by atoms with Crippen molar-refractivity contribution in [2.24, 2.45) is 0 Å². The van der Waals surface area contributed by atoms with Crippen LogP contribution in [-0.4, -0.2) is 48.6 Å². The number of Topliss-reactive ketones (excluding diaryl/α,β-unsaturated/α-hetero) is 1. The standard InChI is InChI=1S/C18H24BrClN2O3/c1-5-15(23)13-10-12(11-14(19)16(13)20)21-6-8-22(9-7-21)17(24)25-18(2,3)4/h10-11H,5-9H2,1-4H3. The molecule has 0 saturated carbocycles. The quantitative estimate of drug-likeness (QED) is 0.648. The Morgan fingerprint density at radius 1 is 1.20 bits per heavy atom. The Labute approximate surface area is 162 Å². The zero-order valence-corrected chi connectivity index (χ0v) is 17.4. The molecule has 1 saturated heterocycles. The van der Waals surface area contributed by atoms with Gasteiger partial charge in [0.25, 0.3) is 0 Å². The molecule has 0 unspecified atom stereocenters. The molecule has 138 valence electrons. The average Bonchev–Trinajstić information content (AvgIpc) is 2.55. The number of ketones is 1. The number of nitrogens with zero attached hydrogens (tertiary/aromatic N) is 2. The predicted molar refractivity (Wildman–Crippen MR) is 104 cm³/mol. The van der Waals surface area contributed by atoms with Crippen molar-refractivity contribution in [1.29, 1.82) is 0 Å². The molecule has 1 fully saturated rings. The number of piperazine rings is 1. The zero-order valence-electron chi connectivity index (χ0n) is 15.1. The summed E-state index contributed by atoms with van der Waals surface area (Å²) >= 11 is 9.68. The lowest BCUT2D eigenvalue weighted by Gasteiger charge is -2.37. The van der Waals surface area contributed by atoms with E-state index in [4.69, 9.17) is 16.3 Å². The molecule has 0 aliphatic carbocycles. The van der Waals surface area contributed by atoms with E-state index in [2.05, 4.69) is 20.8 Å². The number of rotatable bonds is 3. The van der Waals surface area contributed by atoms with Crippen molar-refractivity contribution in [3.8, 4) is 0 Å². The molecule has 7 heteroatoms. The fraction of sp³-hybridized carbons (Fsp3) is 0.556. The van der Waals surface area contributed by atoms with Crippen LogP contribution in [0.1, 0.15) is 44.5 Å². The average molecular weight is 432 g/mol. The maximum Gasteiger partial charge on any atom is 0.410 e. The molecule has 1 amide bonds. The molecule has 0 atom stereocenters. The highest BCUT2D eigenvalue weighted by molar-refractivity contribution is 9.10. The first-order valence-electron chi connectivity index (χ1n) is 8.37. The lowest BCUT2D eigenvalue weighted by molar-refractivity contribution is 0.0240. The van der Waals surface area contributed by atoms with Crippen LogP contribution >= 0.6 is 27.5 Å². The highest BCUT2D eigenvalue weighted by Crippen LogP contribution is 2.33. The molecular weight excluding hydrogens is 408 g/mol. The molecule has 1 aliphatic heterocycles. The molecule has 1 aliphatic rings. The number of anilines is 1. The second kappa shape index (κ2) is 7.96. The van der Waals surface area contributed by atoms with E-state index in [-0.39, 0.29) is 11.9 Å². The van der Waals surface area contributed by atoms with Gasteiger partial charge in [-0.1, -0.05) is 18.5 Å². The highest BCUT2D eigenvalue weighted by atomic mass is 79.9. The normalized spacial score (nSPS) is 15.3. The summed E-state index contributed by atoms with van der Waals surface area (Å²) in [7, 11) is 0. The number of carbonyl (C=O) groups excluding carboxylic acids is 2. The Hall–Kier alpha value is -1.27. The molecule has 0 N–H and O–H groups in total. The Balaban J connectivity index is 2.09. The van der Waals surface area contributed by atoms with Gasteiger partial charge in [-0.2, -0.15) is 0 Å². The lowest BCUT2D eigenvalue weighted by atomic mass is 10.1. The van der Waals surface area contributed by atoms with Gasteiger partial charge >= 0.3 is 6.09 Å². The molecule has 1 aromatic rings. The topological polar surface area (TPSA) is 49.9 Å². The predicted octanol–water partition coefficient (Wildman–Crippen LogP) is 4.75. The van der Waals surface area contributed by atoms with Crippen molar-refractivity contribution >= 4 is 45.1 Å². The minimum absolute atomic E-state index is 0.0138. The van der Waals surface area contributed by atoms with Gasteiger partial charge in [-0.3, -0.25) is 4.79 Å². The fourth-order valence-corrected chi connectivity index (χ4v) is 3.29. The van der Waals surface area contributed by atoms with Gasteiger partial charge < -0.3 is 14.5 Å². The Morgan fingerprint density at radius 3 is 2.32 bits per heavy atom. The number of carbonyl (C=O) groups is 2. The van der Waals surface area contributed by atoms with Gasteiger partial charge in [-0.25, -0.2) is 4.79 Å². The molecule has 5 nitrogen and oxygen atoms in total. The van der Waals surface area contributed by atoms with Crippen LogP contribution in [0.15, 0.2) is 16.6 Å². The molecule has 0 radical (unpaired) electrons. The van der Waals surface area contributed by atoms with Crippen LogP contribution in [0.3, 0.4) is 0 Å². The van der Waals surface area contributed by atoms with Crippen LogP contribution < -0.4 is 4.90 Å². The van der Waals surface area contributed by atoms with Gasteiger partial charge in [0.1, 0.15) is 5.60 Å². The van der Waals surface area contributed by atoms with Crippen molar-refractivity contribution in [3.05, 3.63) is 27.2 Å². The highest BCUT2D eigenvalue weighted by Gasteiger charge is 2.26. The monoisotopic (exact) mass is 430 g/mol. The van der Waals surface area contributed by atoms with Crippen LogP contribution in [0, 0.1) is 0 Å². The van der Waals surface area contributed by atoms with E-state index in [9.17, 15) is 9.59 Å². The number of amides is 1. The molecule has 0 spiro atoms. The first-order chi connectivity index (χ1) is 11.6. The second-order valence-corrected chi connectivity index (χ2v) is 8.25. The zero-order chi connectivity index (χ0) is 18.8. The van der Waals surface area contributed by atoms with Gasteiger partial charge in [-0.05, 0) is 48.8 Å². The number of benzene rings is 1. The van der Waals surface area contributed by atoms with Gasteiger partial charge in [0, 0.05) is 48.3 Å². The van der Waals surface area contributed by atoms with Crippen LogP contribution in [0.4, 0.5) is 10.5 Å². The van der Waals surface area contributed by atoms with Crippen molar-refractivity contribution < 1.29 is 14.3 Å². The number of hydrogen-bond acceptors (Lipinski definition) is 4. The Kier molecular flexibility index (Phi) is 6.38. The van der Waals surface area contributed by atoms with Crippen molar-refractivity contribution in [2.75, 3.05) is 31.1 Å². The van der Waals surface area contributed by atoms with Crippen LogP contribution in [-0.2, 0) is 4.74 Å². The van der Waals surface area contributed by atoms with Crippen LogP contribution in [0.25, 0.3) is 0 Å². The third-order valence-electron chi connectivity index (χ3n) is 3.93. The fourth-order valence-electron chi connectivity index (χ4n) is 2.62. The van der Waals surface area contributed by atoms with E-state index in [0.29, 0.717) is 47.7 Å². The number of hydrogen-bond donors (Lipinski definition) is 0. The van der Waals surface area contributed by atoms with E-state index in [1.54, 1.807) is 4.90 Å². The minimum atomic E-state index is -0.495. The Bertz CT molecular complexity index is 665. The first kappa shape index (κ1) is 20.0. The summed E-state index contributed by atoms with van der Waals surface area (Å²) in [4.78, 5) is 28.1. The van der Waals surface area contributed by atoms with Gasteiger partial charge in [0.2, 0.25) is 0 Å². The molecule has 1 aromatic carbocycles. The molecule has 0 aromatic heterocycles. The number of ether oxygens (including phenoxy) is 1. The van der Waals surface area contributed by atoms with E-state index in [1.807, 2.05) is 39.8 Å². The van der Waals surface area contributed by atoms with E-state index in [0.717, 1.165) is 5.69 Å². The third-order valence-corrected chi connectivity index (χ3v) is 5.19. The maximum atomic E-state index is 12.2.